The highest BCUT2D eigenvalue weighted by Crippen LogP contribution is 2.30. The van der Waals surface area contributed by atoms with Crippen LogP contribution in [0.3, 0.4) is 0 Å². The van der Waals surface area contributed by atoms with Crippen molar-refractivity contribution in [1.29, 1.82) is 0 Å². The Labute approximate surface area is 180 Å². The van der Waals surface area contributed by atoms with Crippen molar-refractivity contribution in [2.24, 2.45) is 22.9 Å². The predicted octanol–water partition coefficient (Wildman–Crippen LogP) is 2.35. The molecular weight excluding hydrogens is 402 g/mol. The predicted molar refractivity (Wildman–Crippen MR) is 117 cm³/mol. The second kappa shape index (κ2) is 10.9. The van der Waals surface area contributed by atoms with Crippen LogP contribution in [0.4, 0.5) is 0 Å². The van der Waals surface area contributed by atoms with E-state index in [1.807, 2.05) is 13.8 Å². The van der Waals surface area contributed by atoms with Crippen molar-refractivity contribution in [3.05, 3.63) is 29.8 Å². The molecule has 8 heteroatoms. The zero-order valence-electron chi connectivity index (χ0n) is 18.2. The molecule has 0 aromatic heterocycles. The lowest BCUT2D eigenvalue weighted by Gasteiger charge is -2.29. The number of benzene rings is 1. The highest BCUT2D eigenvalue weighted by atomic mass is 32.2. The van der Waals surface area contributed by atoms with Gasteiger partial charge in [0.25, 0.3) is 0 Å². The van der Waals surface area contributed by atoms with Gasteiger partial charge in [-0.15, -0.1) is 0 Å². The monoisotopic (exact) mass is 437 g/mol. The van der Waals surface area contributed by atoms with Crippen LogP contribution in [0.2, 0.25) is 0 Å². The number of hydrogen-bond acceptors (Lipinski definition) is 4. The lowest BCUT2D eigenvalue weighted by Crippen LogP contribution is -2.51. The third-order valence-electron chi connectivity index (χ3n) is 6.01. The molecule has 0 radical (unpaired) electrons. The quantitative estimate of drug-likeness (QED) is 0.549. The van der Waals surface area contributed by atoms with Gasteiger partial charge < -0.3 is 10.6 Å². The third kappa shape index (κ3) is 7.09. The van der Waals surface area contributed by atoms with Gasteiger partial charge in [0.2, 0.25) is 21.8 Å². The normalized spacial score (nSPS) is 20.6. The van der Waals surface area contributed by atoms with Gasteiger partial charge >= 0.3 is 0 Å². The van der Waals surface area contributed by atoms with E-state index in [2.05, 4.69) is 17.6 Å². The van der Waals surface area contributed by atoms with E-state index in [-0.39, 0.29) is 28.5 Å². The minimum atomic E-state index is -3.71. The van der Waals surface area contributed by atoms with Crippen LogP contribution in [-0.4, -0.2) is 32.8 Å². The highest BCUT2D eigenvalue weighted by molar-refractivity contribution is 7.89. The van der Waals surface area contributed by atoms with E-state index in [1.54, 1.807) is 12.1 Å². The van der Waals surface area contributed by atoms with Gasteiger partial charge in [-0.1, -0.05) is 39.3 Å². The van der Waals surface area contributed by atoms with E-state index in [0.717, 1.165) is 43.6 Å². The maximum atomic E-state index is 12.7. The third-order valence-corrected chi connectivity index (χ3v) is 6.94. The number of carbonyl (C=O) groups is 2. The zero-order chi connectivity index (χ0) is 22.3. The molecule has 0 spiro atoms. The number of rotatable bonds is 9. The molecule has 0 bridgehead atoms. The van der Waals surface area contributed by atoms with Crippen molar-refractivity contribution in [2.45, 2.75) is 70.2 Å². The van der Waals surface area contributed by atoms with Crippen LogP contribution < -0.4 is 15.8 Å². The van der Waals surface area contributed by atoms with Crippen LogP contribution in [0.5, 0.6) is 0 Å². The van der Waals surface area contributed by atoms with Gasteiger partial charge in [-0.25, -0.2) is 13.6 Å². The number of nitrogens with two attached hydrogens (primary N) is 1. The lowest BCUT2D eigenvalue weighted by molar-refractivity contribution is -0.132. The first-order chi connectivity index (χ1) is 14.1. The molecule has 1 fully saturated rings. The molecule has 0 aliphatic heterocycles. The molecule has 1 aromatic carbocycles. The Morgan fingerprint density at radius 2 is 1.70 bits per heavy atom. The van der Waals surface area contributed by atoms with Crippen LogP contribution in [0.15, 0.2) is 29.2 Å². The summed E-state index contributed by atoms with van der Waals surface area (Å²) in [4.78, 5) is 25.4. The van der Waals surface area contributed by atoms with Crippen molar-refractivity contribution in [3.63, 3.8) is 0 Å². The van der Waals surface area contributed by atoms with E-state index < -0.39 is 16.1 Å². The standard InChI is InChI=1S/C22H35N3O4S/c1-4-16-5-9-18(10-6-16)21(26)25-20(15(2)3)22(27)24-14-13-17-7-11-19(12-8-17)30(23,28)29/h7-8,11-12,15-16,18,20H,4-6,9-10,13-14H2,1-3H3,(H,24,27)(H,25,26)(H2,23,28,29)/t16?,18?,20-/m1/s1. The van der Waals surface area contributed by atoms with E-state index in [1.165, 1.54) is 12.1 Å². The number of sulfonamides is 1. The smallest absolute Gasteiger partial charge is 0.242 e. The summed E-state index contributed by atoms with van der Waals surface area (Å²) in [5, 5.41) is 10.9. The van der Waals surface area contributed by atoms with Crippen molar-refractivity contribution < 1.29 is 18.0 Å². The number of primary sulfonamides is 1. The molecule has 7 nitrogen and oxygen atoms in total. The first-order valence-electron chi connectivity index (χ1n) is 10.8. The molecule has 1 atom stereocenters. The van der Waals surface area contributed by atoms with E-state index in [9.17, 15) is 18.0 Å². The Balaban J connectivity index is 1.84. The van der Waals surface area contributed by atoms with Gasteiger partial charge in [0.05, 0.1) is 4.90 Å². The number of amides is 2. The van der Waals surface area contributed by atoms with Crippen molar-refractivity contribution in [3.8, 4) is 0 Å². The lowest BCUT2D eigenvalue weighted by atomic mass is 9.80. The largest absolute Gasteiger partial charge is 0.354 e. The fraction of sp³-hybridized carbons (Fsp3) is 0.636. The molecule has 0 saturated heterocycles. The minimum absolute atomic E-state index is 0.000751. The minimum Gasteiger partial charge on any atom is -0.354 e. The van der Waals surface area contributed by atoms with E-state index in [4.69, 9.17) is 5.14 Å². The van der Waals surface area contributed by atoms with Gasteiger partial charge in [0, 0.05) is 12.5 Å². The summed E-state index contributed by atoms with van der Waals surface area (Å²) in [6.45, 7) is 6.43. The summed E-state index contributed by atoms with van der Waals surface area (Å²) in [6, 6.07) is 5.71. The van der Waals surface area contributed by atoms with Crippen LogP contribution in [0, 0.1) is 17.8 Å². The fourth-order valence-electron chi connectivity index (χ4n) is 3.92. The molecule has 30 heavy (non-hydrogen) atoms. The summed E-state index contributed by atoms with van der Waals surface area (Å²) in [6.07, 6.45) is 5.66. The highest BCUT2D eigenvalue weighted by Gasteiger charge is 2.30. The Morgan fingerprint density at radius 1 is 1.10 bits per heavy atom. The fourth-order valence-corrected chi connectivity index (χ4v) is 4.44. The van der Waals surface area contributed by atoms with Crippen molar-refractivity contribution in [2.75, 3.05) is 6.54 Å². The molecule has 0 heterocycles. The van der Waals surface area contributed by atoms with Gasteiger partial charge in [0.1, 0.15) is 6.04 Å². The number of carbonyl (C=O) groups excluding carboxylic acids is 2. The van der Waals surface area contributed by atoms with Crippen LogP contribution in [0.25, 0.3) is 0 Å². The summed E-state index contributed by atoms with van der Waals surface area (Å²) >= 11 is 0. The first kappa shape index (κ1) is 24.3. The van der Waals surface area contributed by atoms with Gasteiger partial charge in [-0.05, 0) is 61.6 Å². The second-order valence-corrected chi connectivity index (χ2v) is 10.1. The Morgan fingerprint density at radius 3 is 2.20 bits per heavy atom. The maximum absolute atomic E-state index is 12.7. The van der Waals surface area contributed by atoms with Crippen LogP contribution in [0.1, 0.15) is 58.4 Å². The second-order valence-electron chi connectivity index (χ2n) is 8.59. The van der Waals surface area contributed by atoms with Crippen LogP contribution >= 0.6 is 0 Å². The number of nitrogens with one attached hydrogen (secondary N) is 2. The molecule has 0 unspecified atom stereocenters. The average molecular weight is 438 g/mol. The average Bonchev–Trinajstić information content (AvgIpc) is 2.71. The summed E-state index contributed by atoms with van der Waals surface area (Å²) in [5.74, 6) is 0.491. The topological polar surface area (TPSA) is 118 Å². The molecule has 1 saturated carbocycles. The number of hydrogen-bond donors (Lipinski definition) is 3. The van der Waals surface area contributed by atoms with Gasteiger partial charge in [-0.3, -0.25) is 9.59 Å². The first-order valence-corrected chi connectivity index (χ1v) is 12.4. The summed E-state index contributed by atoms with van der Waals surface area (Å²) in [5.41, 5.74) is 0.889. The molecule has 1 aliphatic carbocycles. The van der Waals surface area contributed by atoms with Gasteiger partial charge in [-0.2, -0.15) is 0 Å². The maximum Gasteiger partial charge on any atom is 0.242 e. The molecule has 4 N–H and O–H groups in total. The molecule has 1 aliphatic rings. The summed E-state index contributed by atoms with van der Waals surface area (Å²) in [7, 11) is -3.71. The SMILES string of the molecule is CCC1CCC(C(=O)N[C@@H](C(=O)NCCc2ccc(S(N)(=O)=O)cc2)C(C)C)CC1. The van der Waals surface area contributed by atoms with E-state index >= 15 is 0 Å². The Hall–Kier alpha value is -1.93. The van der Waals surface area contributed by atoms with Crippen molar-refractivity contribution in [1.82, 2.24) is 10.6 Å². The molecule has 168 valence electrons. The Bertz CT molecular complexity index is 813. The molecule has 1 aromatic rings. The Kier molecular flexibility index (Phi) is 8.85. The molecular formula is C22H35N3O4S. The summed E-state index contributed by atoms with van der Waals surface area (Å²) < 4.78 is 22.6. The van der Waals surface area contributed by atoms with Crippen molar-refractivity contribution >= 4 is 21.8 Å². The zero-order valence-corrected chi connectivity index (χ0v) is 19.0. The van der Waals surface area contributed by atoms with Crippen LogP contribution in [-0.2, 0) is 26.0 Å². The molecule has 2 rings (SSSR count). The van der Waals surface area contributed by atoms with E-state index in [0.29, 0.717) is 13.0 Å². The molecule has 2 amide bonds. The van der Waals surface area contributed by atoms with Gasteiger partial charge in [0.15, 0.2) is 0 Å².